The van der Waals surface area contributed by atoms with Crippen LogP contribution in [0.25, 0.3) is 0 Å². The average Bonchev–Trinajstić information content (AvgIpc) is 2.17. The molecule has 0 radical (unpaired) electrons. The van der Waals surface area contributed by atoms with Gasteiger partial charge in [0.1, 0.15) is 0 Å². The molecular formula is C13H28O2Si. The molecule has 1 saturated heterocycles. The van der Waals surface area contributed by atoms with Crippen molar-refractivity contribution in [2.45, 2.75) is 58.0 Å². The van der Waals surface area contributed by atoms with Crippen LogP contribution >= 0.6 is 0 Å². The van der Waals surface area contributed by atoms with Crippen molar-refractivity contribution >= 4 is 8.56 Å². The van der Waals surface area contributed by atoms with Gasteiger partial charge in [-0.3, -0.25) is 0 Å². The normalized spacial score (nSPS) is 28.5. The third-order valence-electron chi connectivity index (χ3n) is 3.86. The Morgan fingerprint density at radius 3 is 1.56 bits per heavy atom. The monoisotopic (exact) mass is 244 g/mol. The van der Waals surface area contributed by atoms with Gasteiger partial charge in [-0.15, -0.1) is 0 Å². The van der Waals surface area contributed by atoms with Gasteiger partial charge < -0.3 is 8.85 Å². The lowest BCUT2D eigenvalue weighted by Gasteiger charge is -2.52. The highest BCUT2D eigenvalue weighted by atomic mass is 28.4. The van der Waals surface area contributed by atoms with Crippen molar-refractivity contribution in [2.75, 3.05) is 14.2 Å². The Morgan fingerprint density at radius 1 is 0.938 bits per heavy atom. The van der Waals surface area contributed by atoms with Crippen LogP contribution in [0.5, 0.6) is 0 Å². The molecule has 0 aliphatic carbocycles. The lowest BCUT2D eigenvalue weighted by Crippen LogP contribution is -2.58. The smallest absolute Gasteiger partial charge is 0.344 e. The van der Waals surface area contributed by atoms with E-state index in [9.17, 15) is 0 Å². The van der Waals surface area contributed by atoms with E-state index >= 15 is 0 Å². The summed E-state index contributed by atoms with van der Waals surface area (Å²) in [4.78, 5) is 0. The van der Waals surface area contributed by atoms with E-state index < -0.39 is 8.56 Å². The molecular weight excluding hydrogens is 216 g/mol. The van der Waals surface area contributed by atoms with E-state index in [-0.39, 0.29) is 0 Å². The first-order valence-electron chi connectivity index (χ1n) is 6.56. The molecule has 1 aliphatic heterocycles. The first-order chi connectivity index (χ1) is 7.46. The molecule has 0 aromatic rings. The second-order valence-electron chi connectivity index (χ2n) is 6.02. The minimum atomic E-state index is -1.88. The molecule has 3 heteroatoms. The zero-order chi connectivity index (χ0) is 12.3. The van der Waals surface area contributed by atoms with E-state index in [0.717, 1.165) is 11.8 Å². The summed E-state index contributed by atoms with van der Waals surface area (Å²) in [6.45, 7) is 9.17. The first kappa shape index (κ1) is 14.2. The quantitative estimate of drug-likeness (QED) is 0.659. The van der Waals surface area contributed by atoms with Crippen LogP contribution in [0, 0.1) is 11.8 Å². The minimum Gasteiger partial charge on any atom is -0.397 e. The maximum absolute atomic E-state index is 5.87. The van der Waals surface area contributed by atoms with Gasteiger partial charge in [-0.25, -0.2) is 0 Å². The lowest BCUT2D eigenvalue weighted by molar-refractivity contribution is 0.162. The second kappa shape index (κ2) is 5.65. The summed E-state index contributed by atoms with van der Waals surface area (Å²) < 4.78 is 11.7. The Kier molecular flexibility index (Phi) is 5.01. The second-order valence-corrected chi connectivity index (χ2v) is 9.91. The van der Waals surface area contributed by atoms with Crippen molar-refractivity contribution in [3.05, 3.63) is 0 Å². The topological polar surface area (TPSA) is 18.5 Å². The van der Waals surface area contributed by atoms with Crippen LogP contribution in [0.3, 0.4) is 0 Å². The van der Waals surface area contributed by atoms with Crippen LogP contribution < -0.4 is 0 Å². The highest BCUT2D eigenvalue weighted by molar-refractivity contribution is 6.73. The van der Waals surface area contributed by atoms with Crippen molar-refractivity contribution in [2.24, 2.45) is 11.8 Å². The van der Waals surface area contributed by atoms with E-state index in [1.54, 1.807) is 0 Å². The Hall–Kier alpha value is 0.137. The number of rotatable bonds is 6. The van der Waals surface area contributed by atoms with Crippen molar-refractivity contribution in [3.8, 4) is 0 Å². The number of hydrogen-bond donors (Lipinski definition) is 0. The zero-order valence-electron chi connectivity index (χ0n) is 11.7. The first-order valence-corrected chi connectivity index (χ1v) is 8.53. The molecule has 16 heavy (non-hydrogen) atoms. The van der Waals surface area contributed by atoms with Gasteiger partial charge in [0.15, 0.2) is 0 Å². The van der Waals surface area contributed by atoms with Gasteiger partial charge in [0.05, 0.1) is 0 Å². The molecule has 1 heterocycles. The fourth-order valence-corrected chi connectivity index (χ4v) is 7.81. The molecule has 0 bridgehead atoms. The third-order valence-corrected chi connectivity index (χ3v) is 8.35. The van der Waals surface area contributed by atoms with Gasteiger partial charge in [-0.2, -0.15) is 0 Å². The molecule has 0 saturated carbocycles. The molecule has 0 N–H and O–H groups in total. The molecule has 2 atom stereocenters. The van der Waals surface area contributed by atoms with E-state index in [1.807, 2.05) is 14.2 Å². The highest BCUT2D eigenvalue weighted by Crippen LogP contribution is 2.57. The standard InChI is InChI=1S/C13H28O2Si/c1-10(2)7-12-9-13(8-11(3)4)16(12,14-5)15-6/h10-13H,7-9H2,1-6H3. The van der Waals surface area contributed by atoms with Crippen LogP contribution in [0.2, 0.25) is 11.1 Å². The fraction of sp³-hybridized carbons (Fsp3) is 1.00. The fourth-order valence-electron chi connectivity index (χ4n) is 3.25. The summed E-state index contributed by atoms with van der Waals surface area (Å²) in [6, 6.07) is 0. The molecule has 2 unspecified atom stereocenters. The van der Waals surface area contributed by atoms with Crippen LogP contribution in [-0.2, 0) is 8.85 Å². The van der Waals surface area contributed by atoms with Gasteiger partial charge in [0, 0.05) is 25.3 Å². The summed E-state index contributed by atoms with van der Waals surface area (Å²) in [7, 11) is 1.84. The van der Waals surface area contributed by atoms with Gasteiger partial charge in [-0.1, -0.05) is 27.7 Å². The molecule has 2 nitrogen and oxygen atoms in total. The van der Waals surface area contributed by atoms with Crippen LogP contribution in [0.1, 0.15) is 47.0 Å². The Bertz CT molecular complexity index is 194. The van der Waals surface area contributed by atoms with Crippen LogP contribution in [-0.4, -0.2) is 22.8 Å². The summed E-state index contributed by atoms with van der Waals surface area (Å²) >= 11 is 0. The van der Waals surface area contributed by atoms with Crippen molar-refractivity contribution < 1.29 is 8.85 Å². The largest absolute Gasteiger partial charge is 0.397 e. The lowest BCUT2D eigenvalue weighted by atomic mass is 9.98. The highest BCUT2D eigenvalue weighted by Gasteiger charge is 2.60. The minimum absolute atomic E-state index is 0.714. The maximum atomic E-state index is 5.87. The summed E-state index contributed by atoms with van der Waals surface area (Å²) in [5.74, 6) is 1.50. The third kappa shape index (κ3) is 2.69. The van der Waals surface area contributed by atoms with E-state index in [1.165, 1.54) is 19.3 Å². The van der Waals surface area contributed by atoms with Gasteiger partial charge >= 0.3 is 8.56 Å². The Labute approximate surface area is 102 Å². The summed E-state index contributed by atoms with van der Waals surface area (Å²) in [6.07, 6.45) is 3.86. The van der Waals surface area contributed by atoms with E-state index in [2.05, 4.69) is 27.7 Å². The molecule has 0 aromatic heterocycles. The summed E-state index contributed by atoms with van der Waals surface area (Å²) in [5.41, 5.74) is 1.43. The van der Waals surface area contributed by atoms with Crippen LogP contribution in [0.15, 0.2) is 0 Å². The summed E-state index contributed by atoms with van der Waals surface area (Å²) in [5, 5.41) is 0. The maximum Gasteiger partial charge on any atom is 0.344 e. The predicted molar refractivity (Wildman–Crippen MR) is 70.8 cm³/mol. The molecule has 1 fully saturated rings. The average molecular weight is 244 g/mol. The van der Waals surface area contributed by atoms with Crippen molar-refractivity contribution in [3.63, 3.8) is 0 Å². The van der Waals surface area contributed by atoms with Gasteiger partial charge in [-0.05, 0) is 31.1 Å². The van der Waals surface area contributed by atoms with Crippen molar-refractivity contribution in [1.29, 1.82) is 0 Å². The molecule has 1 aliphatic rings. The SMILES string of the molecule is CO[Si]1(OC)C(CC(C)C)CC1CC(C)C. The number of hydrogen-bond acceptors (Lipinski definition) is 2. The molecule has 1 rings (SSSR count). The van der Waals surface area contributed by atoms with E-state index in [4.69, 9.17) is 8.85 Å². The molecule has 0 spiro atoms. The van der Waals surface area contributed by atoms with E-state index in [0.29, 0.717) is 11.1 Å². The molecule has 0 aromatic carbocycles. The molecule has 0 amide bonds. The zero-order valence-corrected chi connectivity index (χ0v) is 12.7. The van der Waals surface area contributed by atoms with Crippen LogP contribution in [0.4, 0.5) is 0 Å². The molecule has 96 valence electrons. The van der Waals surface area contributed by atoms with Crippen molar-refractivity contribution in [1.82, 2.24) is 0 Å². The predicted octanol–water partition coefficient (Wildman–Crippen LogP) is 3.96. The Morgan fingerprint density at radius 2 is 1.31 bits per heavy atom. The van der Waals surface area contributed by atoms with Gasteiger partial charge in [0.2, 0.25) is 0 Å². The Balaban J connectivity index is 2.64. The van der Waals surface area contributed by atoms with Gasteiger partial charge in [0.25, 0.3) is 0 Å².